The predicted octanol–water partition coefficient (Wildman–Crippen LogP) is 3.91. The summed E-state index contributed by atoms with van der Waals surface area (Å²) in [5.74, 6) is 1.90. The molecule has 1 aliphatic heterocycles. The molecule has 1 aromatic heterocycles. The summed E-state index contributed by atoms with van der Waals surface area (Å²) in [6.45, 7) is 7.61. The van der Waals surface area contributed by atoms with E-state index in [9.17, 15) is 4.79 Å². The van der Waals surface area contributed by atoms with Crippen molar-refractivity contribution in [2.75, 3.05) is 13.1 Å². The number of rotatable bonds is 5. The van der Waals surface area contributed by atoms with Crippen LogP contribution in [0, 0.1) is 12.8 Å². The highest BCUT2D eigenvalue weighted by Gasteiger charge is 2.34. The van der Waals surface area contributed by atoms with Crippen LogP contribution < -0.4 is 0 Å². The number of piperidine rings is 1. The van der Waals surface area contributed by atoms with Gasteiger partial charge in [-0.15, -0.1) is 0 Å². The lowest BCUT2D eigenvalue weighted by Gasteiger charge is -2.35. The van der Waals surface area contributed by atoms with Crippen LogP contribution >= 0.6 is 0 Å². The van der Waals surface area contributed by atoms with Crippen LogP contribution in [0.15, 0.2) is 34.9 Å². The van der Waals surface area contributed by atoms with E-state index in [-0.39, 0.29) is 17.7 Å². The van der Waals surface area contributed by atoms with Crippen LogP contribution in [0.5, 0.6) is 0 Å². The van der Waals surface area contributed by atoms with E-state index in [2.05, 4.69) is 36.1 Å². The minimum atomic E-state index is -0.0885. The first-order valence-electron chi connectivity index (χ1n) is 9.24. The number of aryl methyl sites for hydroxylation is 1. The van der Waals surface area contributed by atoms with Crippen LogP contribution in [0.4, 0.5) is 0 Å². The molecule has 1 saturated heterocycles. The van der Waals surface area contributed by atoms with Gasteiger partial charge >= 0.3 is 0 Å². The first-order chi connectivity index (χ1) is 12.1. The Morgan fingerprint density at radius 1 is 1.36 bits per heavy atom. The molecular formula is C20H27N3O2. The van der Waals surface area contributed by atoms with E-state index in [4.69, 9.17) is 4.52 Å². The average molecular weight is 341 g/mol. The van der Waals surface area contributed by atoms with Gasteiger partial charge in [0, 0.05) is 13.1 Å². The van der Waals surface area contributed by atoms with E-state index in [1.54, 1.807) is 0 Å². The molecule has 2 heterocycles. The SMILES string of the molecule is CC[C@H](C)[C@H](C(=O)N1CCC[C@@H](c2nc(C)no2)C1)c1ccccc1. The number of aromatic nitrogens is 2. The maximum absolute atomic E-state index is 13.3. The van der Waals surface area contributed by atoms with Crippen LogP contribution in [0.25, 0.3) is 0 Å². The summed E-state index contributed by atoms with van der Waals surface area (Å²) in [5, 5.41) is 3.90. The van der Waals surface area contributed by atoms with Gasteiger partial charge in [0.05, 0.1) is 11.8 Å². The standard InChI is InChI=1S/C20H27N3O2/c1-4-14(2)18(16-9-6-5-7-10-16)20(24)23-12-8-11-17(13-23)19-21-15(3)22-25-19/h5-7,9-10,14,17-18H,4,8,11-13H2,1-3H3/t14-,17+,18-/m0/s1. The molecule has 1 fully saturated rings. The van der Waals surface area contributed by atoms with E-state index in [1.807, 2.05) is 30.0 Å². The van der Waals surface area contributed by atoms with Gasteiger partial charge in [0.15, 0.2) is 5.82 Å². The van der Waals surface area contributed by atoms with Crippen LogP contribution in [0.2, 0.25) is 0 Å². The molecule has 0 aliphatic carbocycles. The van der Waals surface area contributed by atoms with Crippen molar-refractivity contribution in [3.63, 3.8) is 0 Å². The number of hydrogen-bond acceptors (Lipinski definition) is 4. The van der Waals surface area contributed by atoms with E-state index < -0.39 is 0 Å². The first-order valence-corrected chi connectivity index (χ1v) is 9.24. The van der Waals surface area contributed by atoms with Gasteiger partial charge in [-0.05, 0) is 31.2 Å². The van der Waals surface area contributed by atoms with Gasteiger partial charge < -0.3 is 9.42 Å². The van der Waals surface area contributed by atoms with Crippen molar-refractivity contribution >= 4 is 5.91 Å². The molecule has 1 aromatic carbocycles. The van der Waals surface area contributed by atoms with Crippen molar-refractivity contribution in [2.24, 2.45) is 5.92 Å². The summed E-state index contributed by atoms with van der Waals surface area (Å²) < 4.78 is 5.35. The van der Waals surface area contributed by atoms with Gasteiger partial charge in [0.2, 0.25) is 11.8 Å². The molecule has 0 radical (unpaired) electrons. The monoisotopic (exact) mass is 341 g/mol. The molecule has 2 aromatic rings. The number of carbonyl (C=O) groups is 1. The highest BCUT2D eigenvalue weighted by Crippen LogP contribution is 2.32. The van der Waals surface area contributed by atoms with E-state index in [0.717, 1.165) is 31.4 Å². The average Bonchev–Trinajstić information content (AvgIpc) is 3.09. The number of amides is 1. The van der Waals surface area contributed by atoms with Crippen molar-refractivity contribution in [2.45, 2.75) is 51.9 Å². The second kappa shape index (κ2) is 7.81. The topological polar surface area (TPSA) is 59.2 Å². The van der Waals surface area contributed by atoms with Crippen LogP contribution in [-0.2, 0) is 4.79 Å². The Morgan fingerprint density at radius 2 is 2.12 bits per heavy atom. The molecule has 5 heteroatoms. The zero-order valence-corrected chi connectivity index (χ0v) is 15.3. The second-order valence-electron chi connectivity index (χ2n) is 7.08. The molecular weight excluding hydrogens is 314 g/mol. The van der Waals surface area contributed by atoms with Crippen LogP contribution in [0.3, 0.4) is 0 Å². The number of benzene rings is 1. The third-order valence-corrected chi connectivity index (χ3v) is 5.26. The molecule has 1 aliphatic rings. The largest absolute Gasteiger partial charge is 0.341 e. The molecule has 134 valence electrons. The zero-order valence-electron chi connectivity index (χ0n) is 15.3. The summed E-state index contributed by atoms with van der Waals surface area (Å²) in [4.78, 5) is 19.7. The lowest BCUT2D eigenvalue weighted by atomic mass is 9.83. The summed E-state index contributed by atoms with van der Waals surface area (Å²) in [6, 6.07) is 10.2. The molecule has 0 N–H and O–H groups in total. The molecule has 0 unspecified atom stereocenters. The lowest BCUT2D eigenvalue weighted by Crippen LogP contribution is -2.43. The van der Waals surface area contributed by atoms with E-state index in [1.165, 1.54) is 0 Å². The van der Waals surface area contributed by atoms with Crippen molar-refractivity contribution in [1.29, 1.82) is 0 Å². The summed E-state index contributed by atoms with van der Waals surface area (Å²) >= 11 is 0. The predicted molar refractivity (Wildman–Crippen MR) is 96.2 cm³/mol. The number of nitrogens with zero attached hydrogens (tertiary/aromatic N) is 3. The summed E-state index contributed by atoms with van der Waals surface area (Å²) in [6.07, 6.45) is 2.94. The lowest BCUT2D eigenvalue weighted by molar-refractivity contribution is -0.135. The Labute approximate surface area is 149 Å². The van der Waals surface area contributed by atoms with Gasteiger partial charge in [0.1, 0.15) is 0 Å². The molecule has 0 spiro atoms. The Kier molecular flexibility index (Phi) is 5.51. The smallest absolute Gasteiger partial charge is 0.231 e. The normalized spacial score (nSPS) is 20.3. The molecule has 1 amide bonds. The quantitative estimate of drug-likeness (QED) is 0.827. The van der Waals surface area contributed by atoms with Crippen molar-refractivity contribution in [3.8, 4) is 0 Å². The van der Waals surface area contributed by atoms with Crippen molar-refractivity contribution in [1.82, 2.24) is 15.0 Å². The minimum absolute atomic E-state index is 0.0885. The Bertz CT molecular complexity index is 698. The molecule has 25 heavy (non-hydrogen) atoms. The van der Waals surface area contributed by atoms with Crippen LogP contribution in [-0.4, -0.2) is 34.0 Å². The fourth-order valence-electron chi connectivity index (χ4n) is 3.67. The highest BCUT2D eigenvalue weighted by atomic mass is 16.5. The molecule has 0 saturated carbocycles. The molecule has 0 bridgehead atoms. The summed E-state index contributed by atoms with van der Waals surface area (Å²) in [5.41, 5.74) is 1.11. The first kappa shape index (κ1) is 17.6. The van der Waals surface area contributed by atoms with Crippen molar-refractivity contribution in [3.05, 3.63) is 47.6 Å². The van der Waals surface area contributed by atoms with Crippen LogP contribution in [0.1, 0.15) is 62.2 Å². The number of hydrogen-bond donors (Lipinski definition) is 0. The molecule has 5 nitrogen and oxygen atoms in total. The van der Waals surface area contributed by atoms with Gasteiger partial charge in [0.25, 0.3) is 0 Å². The Balaban J connectivity index is 1.79. The molecule has 3 rings (SSSR count). The van der Waals surface area contributed by atoms with Gasteiger partial charge in [-0.25, -0.2) is 0 Å². The third-order valence-electron chi connectivity index (χ3n) is 5.26. The number of carbonyl (C=O) groups excluding carboxylic acids is 1. The number of likely N-dealkylation sites (tertiary alicyclic amines) is 1. The zero-order chi connectivity index (χ0) is 17.8. The van der Waals surface area contributed by atoms with Gasteiger partial charge in [-0.1, -0.05) is 55.8 Å². The fourth-order valence-corrected chi connectivity index (χ4v) is 3.67. The maximum Gasteiger partial charge on any atom is 0.231 e. The fraction of sp³-hybridized carbons (Fsp3) is 0.550. The molecule has 3 atom stereocenters. The van der Waals surface area contributed by atoms with Gasteiger partial charge in [-0.2, -0.15) is 4.98 Å². The second-order valence-corrected chi connectivity index (χ2v) is 7.08. The third kappa shape index (κ3) is 3.91. The summed E-state index contributed by atoms with van der Waals surface area (Å²) in [7, 11) is 0. The van der Waals surface area contributed by atoms with E-state index in [0.29, 0.717) is 24.2 Å². The van der Waals surface area contributed by atoms with Gasteiger partial charge in [-0.3, -0.25) is 4.79 Å². The van der Waals surface area contributed by atoms with E-state index >= 15 is 0 Å². The highest BCUT2D eigenvalue weighted by molar-refractivity contribution is 5.84. The minimum Gasteiger partial charge on any atom is -0.341 e. The Hall–Kier alpha value is -2.17. The maximum atomic E-state index is 13.3. The van der Waals surface area contributed by atoms with Crippen molar-refractivity contribution < 1.29 is 9.32 Å². The Morgan fingerprint density at radius 3 is 2.76 bits per heavy atom.